The van der Waals surface area contributed by atoms with E-state index in [2.05, 4.69) is 10.1 Å². The largest absolute Gasteiger partial charge is 0.339 e. The predicted molar refractivity (Wildman–Crippen MR) is 54.4 cm³/mol. The maximum atomic E-state index is 13.0. The zero-order valence-corrected chi connectivity index (χ0v) is 8.82. The van der Waals surface area contributed by atoms with E-state index < -0.39 is 5.82 Å². The molecule has 0 saturated heterocycles. The highest BCUT2D eigenvalue weighted by molar-refractivity contribution is 6.00. The van der Waals surface area contributed by atoms with Crippen molar-refractivity contribution < 1.29 is 13.7 Å². The van der Waals surface area contributed by atoms with Gasteiger partial charge in [0, 0.05) is 18.1 Å². The third-order valence-corrected chi connectivity index (χ3v) is 2.13. The van der Waals surface area contributed by atoms with Gasteiger partial charge in [-0.1, -0.05) is 5.16 Å². The van der Waals surface area contributed by atoms with Crippen LogP contribution in [0.15, 0.2) is 22.7 Å². The van der Waals surface area contributed by atoms with Crippen molar-refractivity contribution in [2.45, 2.75) is 13.8 Å². The molecule has 0 aliphatic carbocycles. The quantitative estimate of drug-likeness (QED) is 0.729. The maximum Gasteiger partial charge on any atom is 0.223 e. The molecule has 0 spiro atoms. The highest BCUT2D eigenvalue weighted by Gasteiger charge is 2.14. The van der Waals surface area contributed by atoms with Gasteiger partial charge in [0.1, 0.15) is 5.82 Å². The number of hydrogen-bond donors (Lipinski definition) is 0. The Kier molecular flexibility index (Phi) is 2.52. The normalized spacial score (nSPS) is 10.4. The van der Waals surface area contributed by atoms with Crippen LogP contribution in [0.4, 0.5) is 4.39 Å². The summed E-state index contributed by atoms with van der Waals surface area (Å²) in [5.41, 5.74) is 0.728. The van der Waals surface area contributed by atoms with E-state index in [1.807, 2.05) is 0 Å². The Morgan fingerprint density at radius 2 is 2.19 bits per heavy atom. The van der Waals surface area contributed by atoms with Gasteiger partial charge >= 0.3 is 0 Å². The molecule has 0 unspecified atom stereocenters. The molecule has 1 heterocycles. The smallest absolute Gasteiger partial charge is 0.223 e. The monoisotopic (exact) mass is 220 g/mol. The van der Waals surface area contributed by atoms with Gasteiger partial charge in [-0.15, -0.1) is 0 Å². The number of benzene rings is 1. The van der Waals surface area contributed by atoms with Crippen LogP contribution in [0, 0.1) is 12.7 Å². The van der Waals surface area contributed by atoms with Crippen LogP contribution in [0.25, 0.3) is 11.4 Å². The SMILES string of the molecule is CC(=O)c1cc(F)ccc1-c1noc(C)n1. The number of carbonyl (C=O) groups is 1. The molecule has 0 N–H and O–H groups in total. The number of aromatic nitrogens is 2. The Morgan fingerprint density at radius 1 is 1.44 bits per heavy atom. The van der Waals surface area contributed by atoms with Crippen molar-refractivity contribution in [1.29, 1.82) is 0 Å². The topological polar surface area (TPSA) is 56.0 Å². The van der Waals surface area contributed by atoms with Crippen molar-refractivity contribution in [3.05, 3.63) is 35.5 Å². The minimum atomic E-state index is -0.464. The lowest BCUT2D eigenvalue weighted by Crippen LogP contribution is -1.98. The second-order valence-electron chi connectivity index (χ2n) is 3.38. The van der Waals surface area contributed by atoms with Gasteiger partial charge < -0.3 is 4.52 Å². The average Bonchev–Trinajstić information content (AvgIpc) is 2.64. The number of ketones is 1. The third kappa shape index (κ3) is 1.84. The molecule has 1 aromatic heterocycles. The predicted octanol–water partition coefficient (Wildman–Crippen LogP) is 2.39. The molecule has 1 aromatic carbocycles. The minimum Gasteiger partial charge on any atom is -0.339 e. The van der Waals surface area contributed by atoms with Gasteiger partial charge in [0.25, 0.3) is 0 Å². The second kappa shape index (κ2) is 3.84. The number of halogens is 1. The Balaban J connectivity index is 2.60. The van der Waals surface area contributed by atoms with Crippen molar-refractivity contribution in [1.82, 2.24) is 10.1 Å². The van der Waals surface area contributed by atoms with E-state index in [9.17, 15) is 9.18 Å². The molecular formula is C11H9FN2O2. The summed E-state index contributed by atoms with van der Waals surface area (Å²) in [7, 11) is 0. The van der Waals surface area contributed by atoms with Crippen LogP contribution in [-0.2, 0) is 0 Å². The Morgan fingerprint density at radius 3 is 2.75 bits per heavy atom. The number of nitrogens with zero attached hydrogens (tertiary/aromatic N) is 2. The Hall–Kier alpha value is -2.04. The van der Waals surface area contributed by atoms with E-state index in [1.54, 1.807) is 6.92 Å². The summed E-state index contributed by atoms with van der Waals surface area (Å²) in [4.78, 5) is 15.3. The summed E-state index contributed by atoms with van der Waals surface area (Å²) < 4.78 is 17.8. The second-order valence-corrected chi connectivity index (χ2v) is 3.38. The van der Waals surface area contributed by atoms with Gasteiger partial charge in [-0.05, 0) is 25.1 Å². The lowest BCUT2D eigenvalue weighted by Gasteiger charge is -2.02. The minimum absolute atomic E-state index is 0.239. The fourth-order valence-corrected chi connectivity index (χ4v) is 1.41. The molecule has 0 atom stereocenters. The lowest BCUT2D eigenvalue weighted by atomic mass is 10.0. The summed E-state index contributed by atoms with van der Waals surface area (Å²) in [6, 6.07) is 3.90. The first-order chi connectivity index (χ1) is 7.58. The van der Waals surface area contributed by atoms with Crippen molar-refractivity contribution >= 4 is 5.78 Å². The highest BCUT2D eigenvalue weighted by Crippen LogP contribution is 2.22. The van der Waals surface area contributed by atoms with E-state index in [0.717, 1.165) is 0 Å². The summed E-state index contributed by atoms with van der Waals surface area (Å²) >= 11 is 0. The van der Waals surface area contributed by atoms with Crippen LogP contribution >= 0.6 is 0 Å². The number of rotatable bonds is 2. The molecule has 82 valence electrons. The lowest BCUT2D eigenvalue weighted by molar-refractivity contribution is 0.101. The van der Waals surface area contributed by atoms with Crippen LogP contribution in [0.3, 0.4) is 0 Å². The summed E-state index contributed by atoms with van der Waals surface area (Å²) in [6.45, 7) is 3.01. The van der Waals surface area contributed by atoms with E-state index in [1.165, 1.54) is 25.1 Å². The molecule has 2 aromatic rings. The molecule has 4 nitrogen and oxygen atoms in total. The Labute approximate surface area is 91.1 Å². The van der Waals surface area contributed by atoms with Crippen LogP contribution in [-0.4, -0.2) is 15.9 Å². The summed E-state index contributed by atoms with van der Waals surface area (Å²) in [5.74, 6) is -0.0114. The molecule has 0 radical (unpaired) electrons. The molecule has 0 fully saturated rings. The summed E-state index contributed by atoms with van der Waals surface area (Å²) in [5, 5.41) is 3.70. The fourth-order valence-electron chi connectivity index (χ4n) is 1.41. The van der Waals surface area contributed by atoms with Gasteiger partial charge in [0.05, 0.1) is 0 Å². The summed E-state index contributed by atoms with van der Waals surface area (Å²) in [6.07, 6.45) is 0. The van der Waals surface area contributed by atoms with Crippen molar-refractivity contribution in [3.8, 4) is 11.4 Å². The zero-order valence-electron chi connectivity index (χ0n) is 8.82. The van der Waals surface area contributed by atoms with Gasteiger partial charge in [0.2, 0.25) is 11.7 Å². The average molecular weight is 220 g/mol. The first-order valence-electron chi connectivity index (χ1n) is 4.69. The molecule has 0 aliphatic heterocycles. The number of carbonyl (C=O) groups excluding carboxylic acids is 1. The fraction of sp³-hybridized carbons (Fsp3) is 0.182. The van der Waals surface area contributed by atoms with Crippen LogP contribution in [0.5, 0.6) is 0 Å². The van der Waals surface area contributed by atoms with Gasteiger partial charge in [-0.2, -0.15) is 4.98 Å². The van der Waals surface area contributed by atoms with Gasteiger partial charge in [0.15, 0.2) is 5.78 Å². The van der Waals surface area contributed by atoms with Crippen LogP contribution in [0.1, 0.15) is 23.2 Å². The zero-order chi connectivity index (χ0) is 11.7. The molecule has 0 saturated carbocycles. The van der Waals surface area contributed by atoms with E-state index in [4.69, 9.17) is 4.52 Å². The van der Waals surface area contributed by atoms with Crippen LogP contribution < -0.4 is 0 Å². The molecule has 0 bridgehead atoms. The molecule has 0 amide bonds. The molecule has 5 heteroatoms. The molecule has 2 rings (SSSR count). The van der Waals surface area contributed by atoms with E-state index >= 15 is 0 Å². The van der Waals surface area contributed by atoms with E-state index in [0.29, 0.717) is 17.3 Å². The molecular weight excluding hydrogens is 211 g/mol. The van der Waals surface area contributed by atoms with Crippen molar-refractivity contribution in [3.63, 3.8) is 0 Å². The third-order valence-electron chi connectivity index (χ3n) is 2.13. The highest BCUT2D eigenvalue weighted by atomic mass is 19.1. The Bertz CT molecular complexity index is 549. The van der Waals surface area contributed by atoms with Gasteiger partial charge in [-0.3, -0.25) is 4.79 Å². The first-order valence-corrected chi connectivity index (χ1v) is 4.69. The maximum absolute atomic E-state index is 13.0. The van der Waals surface area contributed by atoms with E-state index in [-0.39, 0.29) is 11.3 Å². The van der Waals surface area contributed by atoms with Crippen molar-refractivity contribution in [2.24, 2.45) is 0 Å². The number of Topliss-reactive ketones (excluding diaryl/α,β-unsaturated/α-hetero) is 1. The number of aryl methyl sites for hydroxylation is 1. The number of hydrogen-bond acceptors (Lipinski definition) is 4. The van der Waals surface area contributed by atoms with Crippen molar-refractivity contribution in [2.75, 3.05) is 0 Å². The van der Waals surface area contributed by atoms with Gasteiger partial charge in [-0.25, -0.2) is 4.39 Å². The molecule has 0 aliphatic rings. The standard InChI is InChI=1S/C11H9FN2O2/c1-6(15)10-5-8(12)3-4-9(10)11-13-7(2)16-14-11/h3-5H,1-2H3. The van der Waals surface area contributed by atoms with Crippen LogP contribution in [0.2, 0.25) is 0 Å². The molecule has 16 heavy (non-hydrogen) atoms. The first kappa shape index (κ1) is 10.5.